The molecule has 0 saturated carbocycles. The van der Waals surface area contributed by atoms with Crippen molar-refractivity contribution in [2.75, 3.05) is 0 Å². The summed E-state index contributed by atoms with van der Waals surface area (Å²) in [6.45, 7) is 2.94. The first-order chi connectivity index (χ1) is 5.45. The first-order valence-electron chi connectivity index (χ1n) is 2.81. The molecule has 0 aromatic heterocycles. The molecule has 0 radical (unpaired) electrons. The molecular weight excluding hydrogens is 177 g/mol. The molecule has 0 atom stereocenters. The lowest BCUT2D eigenvalue weighted by atomic mass is 10.1. The summed E-state index contributed by atoms with van der Waals surface area (Å²) in [5, 5.41) is 0. The molecule has 0 rings (SSSR count). The SMILES string of the molecule is C=CCC(F)(F)C(=O)C(=O)OF. The van der Waals surface area contributed by atoms with Gasteiger partial charge in [-0.2, -0.15) is 8.78 Å². The van der Waals surface area contributed by atoms with Crippen LogP contribution in [0.1, 0.15) is 6.42 Å². The number of rotatable bonds is 4. The molecule has 0 aromatic rings. The van der Waals surface area contributed by atoms with Crippen LogP contribution >= 0.6 is 0 Å². The average Bonchev–Trinajstić information content (AvgIpc) is 2.01. The Morgan fingerprint density at radius 1 is 1.50 bits per heavy atom. The van der Waals surface area contributed by atoms with Crippen molar-refractivity contribution in [2.24, 2.45) is 0 Å². The Kier molecular flexibility index (Phi) is 3.46. The quantitative estimate of drug-likeness (QED) is 0.484. The van der Waals surface area contributed by atoms with E-state index >= 15 is 0 Å². The van der Waals surface area contributed by atoms with Crippen molar-refractivity contribution in [1.82, 2.24) is 0 Å². The number of carbonyl (C=O) groups excluding carboxylic acids is 2. The predicted molar refractivity (Wildman–Crippen MR) is 32.0 cm³/mol. The Morgan fingerprint density at radius 3 is 2.33 bits per heavy atom. The van der Waals surface area contributed by atoms with E-state index < -0.39 is 24.1 Å². The minimum atomic E-state index is -3.94. The number of allylic oxidation sites excluding steroid dienone is 1. The van der Waals surface area contributed by atoms with E-state index in [0.717, 1.165) is 6.08 Å². The number of hydrogen-bond donors (Lipinski definition) is 0. The van der Waals surface area contributed by atoms with E-state index in [-0.39, 0.29) is 0 Å². The van der Waals surface area contributed by atoms with E-state index in [4.69, 9.17) is 0 Å². The average molecular weight is 182 g/mol. The molecule has 0 fully saturated rings. The van der Waals surface area contributed by atoms with Gasteiger partial charge in [0, 0.05) is 10.9 Å². The third kappa shape index (κ3) is 2.37. The zero-order valence-corrected chi connectivity index (χ0v) is 5.85. The molecule has 68 valence electrons. The van der Waals surface area contributed by atoms with E-state index in [1.54, 1.807) is 0 Å². The first kappa shape index (κ1) is 10.7. The monoisotopic (exact) mass is 182 g/mol. The Morgan fingerprint density at radius 2 is 2.00 bits per heavy atom. The van der Waals surface area contributed by atoms with Crippen LogP contribution in [0.4, 0.5) is 13.3 Å². The second-order valence-electron chi connectivity index (χ2n) is 1.89. The molecule has 0 aliphatic carbocycles. The summed E-state index contributed by atoms with van der Waals surface area (Å²) in [5.74, 6) is -8.36. The van der Waals surface area contributed by atoms with Crippen LogP contribution in [0.25, 0.3) is 0 Å². The fraction of sp³-hybridized carbons (Fsp3) is 0.333. The molecule has 0 amide bonds. The summed E-state index contributed by atoms with van der Waals surface area (Å²) >= 11 is 0. The number of hydrogen-bond acceptors (Lipinski definition) is 3. The summed E-state index contributed by atoms with van der Waals surface area (Å²) in [6.07, 6.45) is -0.287. The maximum Gasteiger partial charge on any atom is 0.421 e. The molecule has 0 aliphatic heterocycles. The largest absolute Gasteiger partial charge is 0.421 e. The fourth-order valence-electron chi connectivity index (χ4n) is 0.458. The topological polar surface area (TPSA) is 43.4 Å². The molecule has 0 bridgehead atoms. The molecule has 12 heavy (non-hydrogen) atoms. The Balaban J connectivity index is 4.44. The van der Waals surface area contributed by atoms with Gasteiger partial charge in [-0.05, 0) is 0 Å². The van der Waals surface area contributed by atoms with Gasteiger partial charge in [-0.1, -0.05) is 6.08 Å². The van der Waals surface area contributed by atoms with Crippen LogP contribution in [-0.2, 0) is 14.5 Å². The summed E-state index contributed by atoms with van der Waals surface area (Å²) in [6, 6.07) is 0. The van der Waals surface area contributed by atoms with Crippen LogP contribution in [0, 0.1) is 0 Å². The standard InChI is InChI=1S/C6H5F3O3/c1-2-3-6(7,8)4(10)5(11)12-9/h2H,1,3H2. The predicted octanol–water partition coefficient (Wildman–Crippen LogP) is 1.19. The summed E-state index contributed by atoms with van der Waals surface area (Å²) < 4.78 is 35.7. The van der Waals surface area contributed by atoms with Crippen LogP contribution in [0.5, 0.6) is 0 Å². The maximum atomic E-state index is 12.4. The number of ketones is 1. The number of halogens is 3. The summed E-state index contributed by atoms with van der Waals surface area (Å²) in [5.41, 5.74) is 0. The van der Waals surface area contributed by atoms with Crippen LogP contribution in [-0.4, -0.2) is 17.7 Å². The molecule has 3 nitrogen and oxygen atoms in total. The minimum absolute atomic E-state index is 0.739. The van der Waals surface area contributed by atoms with Crippen molar-refractivity contribution >= 4 is 11.8 Å². The van der Waals surface area contributed by atoms with Gasteiger partial charge in [-0.25, -0.2) is 9.74 Å². The fourth-order valence-corrected chi connectivity index (χ4v) is 0.458. The maximum absolute atomic E-state index is 12.4. The molecule has 6 heteroatoms. The van der Waals surface area contributed by atoms with Crippen molar-refractivity contribution in [3.63, 3.8) is 0 Å². The Labute approximate surface area is 65.7 Å². The van der Waals surface area contributed by atoms with Crippen molar-refractivity contribution < 1.29 is 27.8 Å². The second-order valence-corrected chi connectivity index (χ2v) is 1.89. The van der Waals surface area contributed by atoms with Gasteiger partial charge in [0.25, 0.3) is 0 Å². The van der Waals surface area contributed by atoms with Crippen molar-refractivity contribution in [3.05, 3.63) is 12.7 Å². The Bertz CT molecular complexity index is 212. The van der Waals surface area contributed by atoms with E-state index in [2.05, 4.69) is 11.5 Å². The van der Waals surface area contributed by atoms with Crippen molar-refractivity contribution in [1.29, 1.82) is 0 Å². The number of carbonyl (C=O) groups is 2. The Hall–Kier alpha value is -1.33. The lowest BCUT2D eigenvalue weighted by molar-refractivity contribution is -0.192. The lowest BCUT2D eigenvalue weighted by Crippen LogP contribution is -2.34. The summed E-state index contributed by atoms with van der Waals surface area (Å²) in [4.78, 5) is 22.6. The molecule has 0 spiro atoms. The highest BCUT2D eigenvalue weighted by molar-refractivity contribution is 6.36. The van der Waals surface area contributed by atoms with Gasteiger partial charge in [0.2, 0.25) is 0 Å². The highest BCUT2D eigenvalue weighted by atomic mass is 19.3. The van der Waals surface area contributed by atoms with E-state index in [1.165, 1.54) is 0 Å². The van der Waals surface area contributed by atoms with Crippen LogP contribution in [0.3, 0.4) is 0 Å². The molecule has 0 heterocycles. The third-order valence-corrected chi connectivity index (χ3v) is 0.988. The van der Waals surface area contributed by atoms with Crippen molar-refractivity contribution in [3.8, 4) is 0 Å². The molecular formula is C6H5F3O3. The van der Waals surface area contributed by atoms with Gasteiger partial charge >= 0.3 is 17.7 Å². The van der Waals surface area contributed by atoms with E-state index in [9.17, 15) is 22.9 Å². The zero-order chi connectivity index (χ0) is 9.78. The molecule has 0 aliphatic rings. The van der Waals surface area contributed by atoms with Crippen LogP contribution in [0.15, 0.2) is 12.7 Å². The van der Waals surface area contributed by atoms with Gasteiger partial charge in [-0.3, -0.25) is 4.79 Å². The van der Waals surface area contributed by atoms with Gasteiger partial charge < -0.3 is 0 Å². The number of Topliss-reactive ketones (excluding diaryl/α,β-unsaturated/α-hetero) is 1. The highest BCUT2D eigenvalue weighted by Crippen LogP contribution is 2.20. The van der Waals surface area contributed by atoms with Gasteiger partial charge in [0.05, 0.1) is 0 Å². The van der Waals surface area contributed by atoms with Crippen LogP contribution < -0.4 is 0 Å². The second kappa shape index (κ2) is 3.89. The van der Waals surface area contributed by atoms with E-state index in [1.807, 2.05) is 0 Å². The first-order valence-corrected chi connectivity index (χ1v) is 2.81. The molecule has 0 N–H and O–H groups in total. The van der Waals surface area contributed by atoms with E-state index in [0.29, 0.717) is 0 Å². The molecule has 0 aromatic carbocycles. The summed E-state index contributed by atoms with van der Waals surface area (Å²) in [7, 11) is 0. The van der Waals surface area contributed by atoms with Gasteiger partial charge in [-0.15, -0.1) is 6.58 Å². The minimum Gasteiger partial charge on any atom is -0.280 e. The normalized spacial score (nSPS) is 10.6. The number of alkyl halides is 2. The highest BCUT2D eigenvalue weighted by Gasteiger charge is 2.43. The molecule has 0 unspecified atom stereocenters. The molecule has 0 saturated heterocycles. The smallest absolute Gasteiger partial charge is 0.280 e. The lowest BCUT2D eigenvalue weighted by Gasteiger charge is -2.08. The van der Waals surface area contributed by atoms with Crippen LogP contribution in [0.2, 0.25) is 0 Å². The third-order valence-electron chi connectivity index (χ3n) is 0.988. The van der Waals surface area contributed by atoms with Gasteiger partial charge in [0.15, 0.2) is 0 Å². The van der Waals surface area contributed by atoms with Crippen molar-refractivity contribution in [2.45, 2.75) is 12.3 Å². The van der Waals surface area contributed by atoms with Gasteiger partial charge in [0.1, 0.15) is 0 Å². The zero-order valence-electron chi connectivity index (χ0n) is 5.85.